The van der Waals surface area contributed by atoms with Crippen molar-refractivity contribution >= 4 is 71.3 Å². The number of rotatable bonds is 6. The molecule has 65 heavy (non-hydrogen) atoms. The van der Waals surface area contributed by atoms with Crippen molar-refractivity contribution in [3.8, 4) is 44.5 Å². The lowest BCUT2D eigenvalue weighted by atomic mass is 9.81. The van der Waals surface area contributed by atoms with Crippen LogP contribution in [0.3, 0.4) is 0 Å². The molecule has 1 aromatic heterocycles. The van der Waals surface area contributed by atoms with Gasteiger partial charge in [-0.1, -0.05) is 190 Å². The summed E-state index contributed by atoms with van der Waals surface area (Å²) < 4.78 is 6.77. The molecule has 0 fully saturated rings. The second kappa shape index (κ2) is 14.4. The van der Waals surface area contributed by atoms with Crippen molar-refractivity contribution < 1.29 is 4.42 Å². The van der Waals surface area contributed by atoms with E-state index in [-0.39, 0.29) is 5.41 Å². The van der Waals surface area contributed by atoms with Gasteiger partial charge in [0, 0.05) is 38.5 Å². The van der Waals surface area contributed by atoms with Crippen molar-refractivity contribution in [1.29, 1.82) is 0 Å². The van der Waals surface area contributed by atoms with Crippen molar-refractivity contribution in [2.45, 2.75) is 19.3 Å². The van der Waals surface area contributed by atoms with E-state index in [4.69, 9.17) is 4.42 Å². The molecule has 0 saturated heterocycles. The fraction of sp³-hybridized carbons (Fsp3) is 0.0476. The Morgan fingerprint density at radius 1 is 0.354 bits per heavy atom. The molecule has 0 spiro atoms. The highest BCUT2D eigenvalue weighted by Gasteiger charge is 2.36. The Balaban J connectivity index is 0.887. The van der Waals surface area contributed by atoms with Crippen LogP contribution in [0.2, 0.25) is 0 Å². The zero-order valence-electron chi connectivity index (χ0n) is 36.2. The molecule has 0 radical (unpaired) electrons. The summed E-state index contributed by atoms with van der Waals surface area (Å²) >= 11 is 0. The summed E-state index contributed by atoms with van der Waals surface area (Å²) in [5.74, 6) is 0. The van der Waals surface area contributed by atoms with Crippen molar-refractivity contribution in [3.05, 3.63) is 236 Å². The number of nitrogens with zero attached hydrogens (tertiary/aromatic N) is 1. The van der Waals surface area contributed by atoms with Gasteiger partial charge >= 0.3 is 0 Å². The monoisotopic (exact) mass is 829 g/mol. The van der Waals surface area contributed by atoms with Gasteiger partial charge in [0.15, 0.2) is 0 Å². The fourth-order valence-corrected chi connectivity index (χ4v) is 10.8. The highest BCUT2D eigenvalue weighted by molar-refractivity contribution is 6.28. The summed E-state index contributed by atoms with van der Waals surface area (Å²) in [5, 5.41) is 9.63. The molecule has 1 heterocycles. The van der Waals surface area contributed by atoms with Crippen molar-refractivity contribution in [1.82, 2.24) is 0 Å². The van der Waals surface area contributed by atoms with E-state index in [2.05, 4.69) is 243 Å². The Hall–Kier alpha value is -8.20. The Kier molecular flexibility index (Phi) is 8.29. The molecule has 0 aliphatic heterocycles. The first kappa shape index (κ1) is 37.4. The maximum Gasteiger partial charge on any atom is 0.143 e. The molecule has 2 nitrogen and oxygen atoms in total. The largest absolute Gasteiger partial charge is 0.455 e. The molecule has 11 aromatic carbocycles. The summed E-state index contributed by atoms with van der Waals surface area (Å²) in [6, 6.07) is 82.0. The average Bonchev–Trinajstić information content (AvgIpc) is 3.87. The van der Waals surface area contributed by atoms with Gasteiger partial charge in [-0.3, -0.25) is 0 Å². The van der Waals surface area contributed by atoms with Crippen molar-refractivity contribution in [2.75, 3.05) is 4.90 Å². The topological polar surface area (TPSA) is 16.4 Å². The Morgan fingerprint density at radius 2 is 0.892 bits per heavy atom. The number of anilines is 3. The molecule has 2 heteroatoms. The summed E-state index contributed by atoms with van der Waals surface area (Å²) in [4.78, 5) is 2.44. The van der Waals surface area contributed by atoms with Crippen molar-refractivity contribution in [2.24, 2.45) is 0 Å². The van der Waals surface area contributed by atoms with Gasteiger partial charge in [0.1, 0.15) is 11.2 Å². The van der Waals surface area contributed by atoms with Gasteiger partial charge in [-0.15, -0.1) is 0 Å². The van der Waals surface area contributed by atoms with Gasteiger partial charge in [-0.05, 0) is 126 Å². The number of fused-ring (bicyclic) bond motifs is 11. The summed E-state index contributed by atoms with van der Waals surface area (Å²) in [6.45, 7) is 4.75. The highest BCUT2D eigenvalue weighted by Crippen LogP contribution is 2.52. The number of hydrogen-bond acceptors (Lipinski definition) is 2. The van der Waals surface area contributed by atoms with E-state index in [1.807, 2.05) is 0 Å². The first-order chi connectivity index (χ1) is 32.0. The molecule has 0 N–H and O–H groups in total. The molecule has 0 atom stereocenters. The number of hydrogen-bond donors (Lipinski definition) is 0. The van der Waals surface area contributed by atoms with Gasteiger partial charge < -0.3 is 9.32 Å². The van der Waals surface area contributed by atoms with Gasteiger partial charge in [-0.25, -0.2) is 0 Å². The van der Waals surface area contributed by atoms with E-state index >= 15 is 0 Å². The maximum absolute atomic E-state index is 6.77. The third-order valence-electron chi connectivity index (χ3n) is 14.0. The van der Waals surface area contributed by atoms with Gasteiger partial charge in [-0.2, -0.15) is 0 Å². The second-order valence-electron chi connectivity index (χ2n) is 18.1. The first-order valence-electron chi connectivity index (χ1n) is 22.6. The molecular formula is C63H43NO. The van der Waals surface area contributed by atoms with E-state index in [0.717, 1.165) is 50.5 Å². The molecule has 1 aliphatic carbocycles. The van der Waals surface area contributed by atoms with Gasteiger partial charge in [0.05, 0.1) is 5.69 Å². The predicted molar refractivity (Wildman–Crippen MR) is 275 cm³/mol. The van der Waals surface area contributed by atoms with Crippen LogP contribution in [0.25, 0.3) is 98.8 Å². The summed E-state index contributed by atoms with van der Waals surface area (Å²) in [5.41, 5.74) is 17.5. The lowest BCUT2D eigenvalue weighted by Gasteiger charge is -2.29. The molecule has 0 unspecified atom stereocenters. The predicted octanol–water partition coefficient (Wildman–Crippen LogP) is 17.8. The van der Waals surface area contributed by atoms with E-state index in [1.54, 1.807) is 0 Å². The van der Waals surface area contributed by atoms with E-state index < -0.39 is 0 Å². The lowest BCUT2D eigenvalue weighted by molar-refractivity contribution is 0.660. The van der Waals surface area contributed by atoms with Crippen LogP contribution in [0.15, 0.2) is 229 Å². The maximum atomic E-state index is 6.77. The van der Waals surface area contributed by atoms with Crippen molar-refractivity contribution in [3.63, 3.8) is 0 Å². The molecule has 0 bridgehead atoms. The van der Waals surface area contributed by atoms with Crippen LogP contribution >= 0.6 is 0 Å². The normalized spacial score (nSPS) is 12.9. The van der Waals surface area contributed by atoms with Crippen LogP contribution in [0, 0.1) is 0 Å². The first-order valence-corrected chi connectivity index (χ1v) is 22.6. The second-order valence-corrected chi connectivity index (χ2v) is 18.1. The smallest absolute Gasteiger partial charge is 0.143 e. The molecule has 0 saturated carbocycles. The molecule has 306 valence electrons. The molecule has 1 aliphatic rings. The zero-order valence-corrected chi connectivity index (χ0v) is 36.2. The Morgan fingerprint density at radius 3 is 1.65 bits per heavy atom. The van der Waals surface area contributed by atoms with Crippen LogP contribution in [0.5, 0.6) is 0 Å². The minimum Gasteiger partial charge on any atom is -0.455 e. The fourth-order valence-electron chi connectivity index (χ4n) is 10.8. The van der Waals surface area contributed by atoms with E-state index in [1.165, 1.54) is 76.5 Å². The minimum absolute atomic E-state index is 0.177. The molecule has 13 rings (SSSR count). The van der Waals surface area contributed by atoms with Crippen LogP contribution in [0.4, 0.5) is 17.1 Å². The van der Waals surface area contributed by atoms with Gasteiger partial charge in [0.2, 0.25) is 0 Å². The summed E-state index contributed by atoms with van der Waals surface area (Å²) in [6.07, 6.45) is 0. The average molecular weight is 830 g/mol. The highest BCUT2D eigenvalue weighted by atomic mass is 16.3. The summed E-state index contributed by atoms with van der Waals surface area (Å²) in [7, 11) is 0. The Bertz CT molecular complexity index is 3830. The quantitative estimate of drug-likeness (QED) is 0.166. The zero-order chi connectivity index (χ0) is 43.2. The molecular weight excluding hydrogens is 787 g/mol. The molecule has 0 amide bonds. The van der Waals surface area contributed by atoms with Gasteiger partial charge in [0.25, 0.3) is 0 Å². The number of benzene rings is 11. The third kappa shape index (κ3) is 5.88. The van der Waals surface area contributed by atoms with E-state index in [0.29, 0.717) is 0 Å². The number of furan rings is 1. The minimum atomic E-state index is -0.177. The standard InChI is InChI=1S/C63H43NO/c1-63(2)56-38-46(40-13-4-3-5-14-40)29-34-53(56)54-35-33-49(39-57(54)63)64(58-22-12-18-43-15-6-9-19-50(43)58)48-31-27-42(28-32-48)41-23-25-45(26-24-41)55-37-47-17-8-11-21-52(47)61-60-51-20-10-7-16-44(51)30-36-59(60)65-62(55)61/h3-39H,1-2H3. The van der Waals surface area contributed by atoms with Crippen LogP contribution in [-0.2, 0) is 5.41 Å². The molecule has 12 aromatic rings. The lowest BCUT2D eigenvalue weighted by Crippen LogP contribution is -2.16. The van der Waals surface area contributed by atoms with Crippen LogP contribution < -0.4 is 4.90 Å². The Labute approximate surface area is 378 Å². The SMILES string of the molecule is CC1(C)c2cc(-c3ccccc3)ccc2-c2ccc(N(c3ccc(-c4ccc(-c5cc6ccccc6c6c5oc5ccc7ccccc7c56)cc4)cc3)c3cccc4ccccc34)cc21. The van der Waals surface area contributed by atoms with E-state index in [9.17, 15) is 0 Å². The van der Waals surface area contributed by atoms with Crippen LogP contribution in [0.1, 0.15) is 25.0 Å². The third-order valence-corrected chi connectivity index (χ3v) is 14.0. The van der Waals surface area contributed by atoms with Crippen LogP contribution in [-0.4, -0.2) is 0 Å².